The summed E-state index contributed by atoms with van der Waals surface area (Å²) in [6.07, 6.45) is 0. The van der Waals surface area contributed by atoms with Gasteiger partial charge in [0.05, 0.1) is 4.90 Å². The minimum Gasteiger partial charge on any atom is -0.127 e. The molecule has 52 valence electrons. The number of hydrogen-bond acceptors (Lipinski definition) is 2. The first kappa shape index (κ1) is 7.73. The number of nitrogens with one attached hydrogen (secondary N) is 1. The Morgan fingerprint density at radius 3 is 2.40 bits per heavy atom. The Hall–Kier alpha value is -0.370. The van der Waals surface area contributed by atoms with E-state index >= 15 is 0 Å². The van der Waals surface area contributed by atoms with Gasteiger partial charge in [-0.1, -0.05) is 23.4 Å². The van der Waals surface area contributed by atoms with Crippen molar-refractivity contribution in [1.29, 1.82) is 5.16 Å². The first-order chi connectivity index (χ1) is 4.79. The van der Waals surface area contributed by atoms with Crippen molar-refractivity contribution in [3.8, 4) is 0 Å². The Kier molecular flexibility index (Phi) is 2.87. The second-order valence-electron chi connectivity index (χ2n) is 1.73. The molecule has 1 rings (SSSR count). The molecule has 0 fully saturated rings. The molecule has 0 saturated heterocycles. The summed E-state index contributed by atoms with van der Waals surface area (Å²) in [5, 5.41) is 7.12. The lowest BCUT2D eigenvalue weighted by molar-refractivity contribution is 1.48. The number of rotatable bonds is 2. The van der Waals surface area contributed by atoms with Gasteiger partial charge in [0.2, 0.25) is 0 Å². The highest BCUT2D eigenvalue weighted by molar-refractivity contribution is 8.51. The molecular weight excluding hydrogens is 163 g/mol. The SMILES string of the molecule is N=[P+](N)Sc1ccccc1. The molecule has 0 aromatic heterocycles. The van der Waals surface area contributed by atoms with Crippen molar-refractivity contribution < 1.29 is 0 Å². The Balaban J connectivity index is 2.67. The number of benzene rings is 1. The molecule has 4 heteroatoms. The van der Waals surface area contributed by atoms with E-state index in [4.69, 9.17) is 10.7 Å². The zero-order valence-electron chi connectivity index (χ0n) is 5.32. The summed E-state index contributed by atoms with van der Waals surface area (Å²) in [7, 11) is -1.11. The van der Waals surface area contributed by atoms with Gasteiger partial charge < -0.3 is 0 Å². The minimum absolute atomic E-state index is 1.08. The van der Waals surface area contributed by atoms with Gasteiger partial charge in [-0.25, -0.2) is 0 Å². The average molecular weight is 171 g/mol. The molecule has 0 aliphatic rings. The number of hydrogen-bond donors (Lipinski definition) is 2. The summed E-state index contributed by atoms with van der Waals surface area (Å²) < 4.78 is 0. The molecule has 0 bridgehead atoms. The molecule has 10 heavy (non-hydrogen) atoms. The number of nitrogens with two attached hydrogens (primary N) is 1. The van der Waals surface area contributed by atoms with Crippen LogP contribution in [-0.2, 0) is 0 Å². The van der Waals surface area contributed by atoms with Crippen LogP contribution in [0.3, 0.4) is 0 Å². The summed E-state index contributed by atoms with van der Waals surface area (Å²) in [6, 6.07) is 9.76. The molecule has 0 aliphatic heterocycles. The van der Waals surface area contributed by atoms with Crippen LogP contribution in [0.15, 0.2) is 35.2 Å². The summed E-state index contributed by atoms with van der Waals surface area (Å²) >= 11 is 1.41. The van der Waals surface area contributed by atoms with Crippen molar-refractivity contribution in [3.05, 3.63) is 30.3 Å². The van der Waals surface area contributed by atoms with Gasteiger partial charge in [-0.2, -0.15) is 0 Å². The Morgan fingerprint density at radius 2 is 1.90 bits per heavy atom. The van der Waals surface area contributed by atoms with E-state index in [1.807, 2.05) is 30.3 Å². The van der Waals surface area contributed by atoms with Gasteiger partial charge in [0.15, 0.2) is 11.4 Å². The summed E-state index contributed by atoms with van der Waals surface area (Å²) in [5.41, 5.74) is 5.32. The van der Waals surface area contributed by atoms with E-state index in [9.17, 15) is 0 Å². The van der Waals surface area contributed by atoms with Crippen LogP contribution < -0.4 is 5.50 Å². The van der Waals surface area contributed by atoms with E-state index in [1.54, 1.807) is 0 Å². The fourth-order valence-corrected chi connectivity index (χ4v) is 2.15. The van der Waals surface area contributed by atoms with Gasteiger partial charge in [0.1, 0.15) is 0 Å². The quantitative estimate of drug-likeness (QED) is 0.672. The van der Waals surface area contributed by atoms with E-state index in [0.717, 1.165) is 4.90 Å². The highest BCUT2D eigenvalue weighted by Gasteiger charge is 2.05. The van der Waals surface area contributed by atoms with Crippen molar-refractivity contribution in [2.45, 2.75) is 4.90 Å². The highest BCUT2D eigenvalue weighted by Crippen LogP contribution is 2.37. The molecule has 1 atom stereocenters. The molecule has 0 spiro atoms. The largest absolute Gasteiger partial charge is 0.368 e. The normalized spacial score (nSPS) is 11.1. The van der Waals surface area contributed by atoms with Gasteiger partial charge in [-0.15, -0.1) is 5.50 Å². The summed E-state index contributed by atoms with van der Waals surface area (Å²) in [4.78, 5) is 1.08. The predicted octanol–water partition coefficient (Wildman–Crippen LogP) is 2.81. The van der Waals surface area contributed by atoms with Crippen LogP contribution in [-0.4, -0.2) is 0 Å². The third-order valence-corrected chi connectivity index (χ3v) is 2.85. The van der Waals surface area contributed by atoms with E-state index in [0.29, 0.717) is 0 Å². The molecule has 3 N–H and O–H groups in total. The summed E-state index contributed by atoms with van der Waals surface area (Å²) in [5.74, 6) is 0. The highest BCUT2D eigenvalue weighted by atomic mass is 32.7. The van der Waals surface area contributed by atoms with Crippen LogP contribution >= 0.6 is 18.4 Å². The fraction of sp³-hybridized carbons (Fsp3) is 0. The van der Waals surface area contributed by atoms with Crippen molar-refractivity contribution in [2.75, 3.05) is 0 Å². The van der Waals surface area contributed by atoms with Crippen LogP contribution in [0, 0.1) is 5.16 Å². The van der Waals surface area contributed by atoms with Crippen LogP contribution in [0.25, 0.3) is 0 Å². The molecule has 0 heterocycles. The molecule has 1 unspecified atom stereocenters. The van der Waals surface area contributed by atoms with Gasteiger partial charge >= 0.3 is 7.07 Å². The van der Waals surface area contributed by atoms with E-state index < -0.39 is 7.07 Å². The maximum absolute atomic E-state index is 7.12. The van der Waals surface area contributed by atoms with Gasteiger partial charge in [-0.3, -0.25) is 0 Å². The van der Waals surface area contributed by atoms with E-state index in [-0.39, 0.29) is 0 Å². The minimum atomic E-state index is -1.11. The van der Waals surface area contributed by atoms with Gasteiger partial charge in [0.25, 0.3) is 0 Å². The maximum Gasteiger partial charge on any atom is 0.368 e. The molecule has 0 aliphatic carbocycles. The van der Waals surface area contributed by atoms with Gasteiger partial charge in [-0.05, 0) is 12.1 Å². The van der Waals surface area contributed by atoms with Gasteiger partial charge in [0, 0.05) is 0 Å². The van der Waals surface area contributed by atoms with E-state index in [1.165, 1.54) is 11.4 Å². The smallest absolute Gasteiger partial charge is 0.127 e. The fourth-order valence-electron chi connectivity index (χ4n) is 0.595. The third-order valence-electron chi connectivity index (χ3n) is 0.947. The molecule has 1 aromatic rings. The Morgan fingerprint density at radius 1 is 1.30 bits per heavy atom. The lowest BCUT2D eigenvalue weighted by Gasteiger charge is -1.85. The molecule has 1 aromatic carbocycles. The zero-order chi connectivity index (χ0) is 7.40. The maximum atomic E-state index is 7.12. The van der Waals surface area contributed by atoms with Crippen molar-refractivity contribution in [1.82, 2.24) is 0 Å². The second kappa shape index (κ2) is 3.71. The molecular formula is C6H8N2PS+. The van der Waals surface area contributed by atoms with Crippen LogP contribution in [0.4, 0.5) is 0 Å². The Labute approximate surface area is 64.9 Å². The third kappa shape index (κ3) is 2.48. The first-order valence-corrected chi connectivity index (χ1v) is 5.61. The van der Waals surface area contributed by atoms with Crippen LogP contribution in [0.2, 0.25) is 0 Å². The first-order valence-electron chi connectivity index (χ1n) is 2.78. The zero-order valence-corrected chi connectivity index (χ0v) is 7.03. The molecule has 0 amide bonds. The van der Waals surface area contributed by atoms with Crippen molar-refractivity contribution in [3.63, 3.8) is 0 Å². The molecule has 0 radical (unpaired) electrons. The average Bonchev–Trinajstić information content (AvgIpc) is 1.88. The molecule has 2 nitrogen and oxygen atoms in total. The molecule has 0 saturated carbocycles. The van der Waals surface area contributed by atoms with Crippen molar-refractivity contribution >= 4 is 18.4 Å². The summed E-state index contributed by atoms with van der Waals surface area (Å²) in [6.45, 7) is 0. The lowest BCUT2D eigenvalue weighted by Crippen LogP contribution is -1.71. The van der Waals surface area contributed by atoms with Crippen LogP contribution in [0.5, 0.6) is 0 Å². The Bertz CT molecular complexity index is 224. The lowest BCUT2D eigenvalue weighted by atomic mass is 10.4. The van der Waals surface area contributed by atoms with Crippen molar-refractivity contribution in [2.24, 2.45) is 5.50 Å². The van der Waals surface area contributed by atoms with E-state index in [2.05, 4.69) is 0 Å². The second-order valence-corrected chi connectivity index (χ2v) is 4.76. The standard InChI is InChI=1S/C6H8N2PS/c7-9(8)10-6-4-2-1-3-5-6/h1-5H,(H3,7,8)/q+1. The predicted molar refractivity (Wildman–Crippen MR) is 46.1 cm³/mol. The van der Waals surface area contributed by atoms with Crippen LogP contribution in [0.1, 0.15) is 0 Å². The monoisotopic (exact) mass is 171 g/mol. The topological polar surface area (TPSA) is 49.9 Å².